The second kappa shape index (κ2) is 7.69. The Bertz CT molecular complexity index is 1060. The Balaban J connectivity index is 1.95. The van der Waals surface area contributed by atoms with E-state index in [0.29, 0.717) is 11.8 Å². The average Bonchev–Trinajstić information content (AvgIpc) is 3.32. The molecule has 2 unspecified atom stereocenters. The van der Waals surface area contributed by atoms with Gasteiger partial charge in [0.1, 0.15) is 0 Å². The first-order valence-corrected chi connectivity index (χ1v) is 21.5. The van der Waals surface area contributed by atoms with Gasteiger partial charge in [0.2, 0.25) is 0 Å². The van der Waals surface area contributed by atoms with Crippen molar-refractivity contribution < 1.29 is 15.9 Å². The quantitative estimate of drug-likeness (QED) is 0.379. The van der Waals surface area contributed by atoms with Crippen molar-refractivity contribution in [2.75, 3.05) is 0 Å². The van der Waals surface area contributed by atoms with E-state index in [1.807, 2.05) is 0 Å². The number of hydrogen-bond donors (Lipinski definition) is 0. The number of benzene rings is 2. The molecule has 2 aromatic rings. The average molecular weight is 519 g/mol. The van der Waals surface area contributed by atoms with Gasteiger partial charge in [0, 0.05) is 0 Å². The van der Waals surface area contributed by atoms with Crippen LogP contribution >= 0.6 is 17.0 Å². The molecule has 0 aliphatic heterocycles. The van der Waals surface area contributed by atoms with E-state index in [9.17, 15) is 0 Å². The van der Waals surface area contributed by atoms with Gasteiger partial charge < -0.3 is 0 Å². The van der Waals surface area contributed by atoms with Gasteiger partial charge in [-0.15, -0.1) is 0 Å². The minimum absolute atomic E-state index is 0.0942. The van der Waals surface area contributed by atoms with Crippen molar-refractivity contribution >= 4 is 32.4 Å². The van der Waals surface area contributed by atoms with Crippen LogP contribution in [0.4, 0.5) is 0 Å². The summed E-state index contributed by atoms with van der Waals surface area (Å²) in [6, 6.07) is 13.3. The molecule has 30 heavy (non-hydrogen) atoms. The summed E-state index contributed by atoms with van der Waals surface area (Å²) in [5, 5.41) is 0. The molecule has 0 saturated carbocycles. The van der Waals surface area contributed by atoms with Crippen LogP contribution in [-0.2, 0) is 15.9 Å². The standard InChI is InChI=1S/2C12H13.C3H6.2ClH.Zr/c2*1-9(2)11-7-3-5-10-6-4-8-12(10)11;1-3-2;;;/h2*3-9H,1-2H3;1-2H3;2*1H;/q;;;;;+2/p-2. The van der Waals surface area contributed by atoms with E-state index in [1.54, 1.807) is 0 Å². The molecule has 0 spiro atoms. The summed E-state index contributed by atoms with van der Waals surface area (Å²) in [6.45, 7) is 13.4. The Labute approximate surface area is 189 Å². The van der Waals surface area contributed by atoms with E-state index >= 15 is 0 Å². The molecule has 158 valence electrons. The zero-order valence-electron chi connectivity index (χ0n) is 18.8. The third-order valence-electron chi connectivity index (χ3n) is 7.27. The summed E-state index contributed by atoms with van der Waals surface area (Å²) in [6.07, 6.45) is 9.18. The topological polar surface area (TPSA) is 0 Å². The second-order valence-electron chi connectivity index (χ2n) is 9.84. The Morgan fingerprint density at radius 2 is 1.13 bits per heavy atom. The van der Waals surface area contributed by atoms with E-state index in [2.05, 4.69) is 102 Å². The summed E-state index contributed by atoms with van der Waals surface area (Å²) < 4.78 is 1.42. The first-order valence-electron chi connectivity index (χ1n) is 11.1. The molecule has 0 bridgehead atoms. The maximum absolute atomic E-state index is 7.90. The molecule has 2 atom stereocenters. The van der Waals surface area contributed by atoms with Crippen LogP contribution in [0.15, 0.2) is 48.6 Å². The Hall–Kier alpha value is -0.747. The van der Waals surface area contributed by atoms with Crippen LogP contribution in [0, 0.1) is 0 Å². The SMILES string of the molecule is C[C](C)=[Zr]([Cl])([Cl])([CH]1C=Cc2c(C(C)C)cccc21)[CH]1C=Cc2c(C(C)C)cccc21. The fraction of sp³-hybridized carbons (Fsp3) is 0.370. The van der Waals surface area contributed by atoms with Crippen LogP contribution < -0.4 is 0 Å². The summed E-state index contributed by atoms with van der Waals surface area (Å²) >= 11 is -4.55. The van der Waals surface area contributed by atoms with Crippen molar-refractivity contribution in [3.63, 3.8) is 0 Å². The van der Waals surface area contributed by atoms with Gasteiger partial charge in [-0.3, -0.25) is 0 Å². The minimum atomic E-state index is -4.55. The Kier molecular flexibility index (Phi) is 5.75. The molecule has 0 aromatic heterocycles. The molecule has 0 N–H and O–H groups in total. The van der Waals surface area contributed by atoms with Crippen molar-refractivity contribution in [2.24, 2.45) is 0 Å². The van der Waals surface area contributed by atoms with Crippen molar-refractivity contribution in [3.8, 4) is 0 Å². The monoisotopic (exact) mass is 516 g/mol. The molecule has 0 amide bonds. The fourth-order valence-electron chi connectivity index (χ4n) is 5.47. The number of allylic oxidation sites excluding steroid dienone is 2. The molecular formula is C27H32Cl2Zr. The van der Waals surface area contributed by atoms with Crippen molar-refractivity contribution in [1.82, 2.24) is 0 Å². The molecule has 2 aliphatic rings. The molecule has 0 nitrogen and oxygen atoms in total. The van der Waals surface area contributed by atoms with Crippen molar-refractivity contribution in [1.29, 1.82) is 0 Å². The van der Waals surface area contributed by atoms with Crippen LogP contribution in [0.2, 0.25) is 0 Å². The van der Waals surface area contributed by atoms with Gasteiger partial charge in [-0.1, -0.05) is 0 Å². The third kappa shape index (κ3) is 3.15. The number of rotatable bonds is 4. The van der Waals surface area contributed by atoms with Gasteiger partial charge in [-0.05, 0) is 0 Å². The predicted octanol–water partition coefficient (Wildman–Crippen LogP) is 8.98. The first kappa shape index (κ1) is 22.4. The van der Waals surface area contributed by atoms with Crippen molar-refractivity contribution in [2.45, 2.75) is 60.6 Å². The summed E-state index contributed by atoms with van der Waals surface area (Å²) in [4.78, 5) is 0. The predicted molar refractivity (Wildman–Crippen MR) is 133 cm³/mol. The number of halogens is 2. The molecule has 2 aromatic carbocycles. The molecule has 0 fully saturated rings. The van der Waals surface area contributed by atoms with Gasteiger partial charge in [-0.25, -0.2) is 0 Å². The van der Waals surface area contributed by atoms with E-state index in [1.165, 1.54) is 36.6 Å². The molecule has 0 saturated heterocycles. The van der Waals surface area contributed by atoms with Crippen molar-refractivity contribution in [3.05, 3.63) is 81.9 Å². The van der Waals surface area contributed by atoms with E-state index < -0.39 is 15.9 Å². The normalized spacial score (nSPS) is 20.2. The molecule has 2 aliphatic carbocycles. The Morgan fingerprint density at radius 3 is 1.47 bits per heavy atom. The van der Waals surface area contributed by atoms with E-state index in [-0.39, 0.29) is 7.25 Å². The van der Waals surface area contributed by atoms with Gasteiger partial charge >= 0.3 is 191 Å². The first-order chi connectivity index (χ1) is 14.1. The van der Waals surface area contributed by atoms with Crippen LogP contribution in [-0.4, -0.2) is 3.21 Å². The maximum atomic E-state index is 7.90. The van der Waals surface area contributed by atoms with Crippen LogP contribution in [0.3, 0.4) is 0 Å². The third-order valence-corrected chi connectivity index (χ3v) is 30.1. The molecule has 4 rings (SSSR count). The molecular weight excluding hydrogens is 486 g/mol. The van der Waals surface area contributed by atoms with E-state index in [0.717, 1.165) is 0 Å². The molecule has 0 radical (unpaired) electrons. The van der Waals surface area contributed by atoms with Gasteiger partial charge in [0.05, 0.1) is 0 Å². The van der Waals surface area contributed by atoms with E-state index in [4.69, 9.17) is 17.0 Å². The number of hydrogen-bond acceptors (Lipinski definition) is 0. The zero-order chi connectivity index (χ0) is 21.9. The van der Waals surface area contributed by atoms with Crippen LogP contribution in [0.1, 0.15) is 94.0 Å². The van der Waals surface area contributed by atoms with Gasteiger partial charge in [0.25, 0.3) is 0 Å². The second-order valence-corrected chi connectivity index (χ2v) is 31.8. The summed E-state index contributed by atoms with van der Waals surface area (Å²) in [5.74, 6) is 0.948. The van der Waals surface area contributed by atoms with Gasteiger partial charge in [0.15, 0.2) is 0 Å². The number of fused-ring (bicyclic) bond motifs is 2. The van der Waals surface area contributed by atoms with Crippen LogP contribution in [0.25, 0.3) is 12.2 Å². The zero-order valence-corrected chi connectivity index (χ0v) is 22.8. The summed E-state index contributed by atoms with van der Waals surface area (Å²) in [7, 11) is 15.8. The van der Waals surface area contributed by atoms with Gasteiger partial charge in [-0.2, -0.15) is 0 Å². The fourth-order valence-corrected chi connectivity index (χ4v) is 20.2. The molecule has 3 heteroatoms. The van der Waals surface area contributed by atoms with Crippen LogP contribution in [0.5, 0.6) is 0 Å². The summed E-state index contributed by atoms with van der Waals surface area (Å²) in [5.41, 5.74) is 8.07. The Morgan fingerprint density at radius 1 is 0.733 bits per heavy atom. The molecule has 0 heterocycles.